The highest BCUT2D eigenvalue weighted by atomic mass is 16.5. The fraction of sp³-hybridized carbons (Fsp3) is 0.130. The van der Waals surface area contributed by atoms with Crippen LogP contribution in [0, 0.1) is 0 Å². The number of benzene rings is 2. The van der Waals surface area contributed by atoms with Crippen molar-refractivity contribution in [3.8, 4) is 5.75 Å². The Balaban J connectivity index is 1.71. The molecule has 3 aromatic rings. The Morgan fingerprint density at radius 2 is 2.03 bits per heavy atom. The van der Waals surface area contributed by atoms with Crippen LogP contribution in [-0.2, 0) is 16.1 Å². The maximum absolute atomic E-state index is 12.9. The second kappa shape index (κ2) is 8.27. The van der Waals surface area contributed by atoms with E-state index in [-0.39, 0.29) is 5.56 Å². The summed E-state index contributed by atoms with van der Waals surface area (Å²) in [4.78, 5) is 40.0. The number of aliphatic carboxylic acids is 1. The first-order valence-electron chi connectivity index (χ1n) is 9.56. The van der Waals surface area contributed by atoms with Gasteiger partial charge < -0.3 is 15.2 Å². The number of methoxy groups -OCH3 is 1. The fourth-order valence-corrected chi connectivity index (χ4v) is 3.50. The van der Waals surface area contributed by atoms with Crippen molar-refractivity contribution in [2.75, 3.05) is 12.4 Å². The van der Waals surface area contributed by atoms with E-state index in [1.54, 1.807) is 29.9 Å². The van der Waals surface area contributed by atoms with Crippen molar-refractivity contribution in [2.24, 2.45) is 0 Å². The third-order valence-electron chi connectivity index (χ3n) is 4.93. The number of carbonyl (C=O) groups excluding carboxylic acids is 1. The maximum Gasteiger partial charge on any atom is 0.328 e. The van der Waals surface area contributed by atoms with Crippen LogP contribution in [0.1, 0.15) is 17.8 Å². The zero-order chi connectivity index (χ0) is 22.0. The second-order valence-electron chi connectivity index (χ2n) is 6.98. The Morgan fingerprint density at radius 3 is 2.81 bits per heavy atom. The monoisotopic (exact) mass is 417 g/mol. The van der Waals surface area contributed by atoms with Gasteiger partial charge in [-0.25, -0.2) is 9.78 Å². The number of fused-ring (bicyclic) bond motifs is 2. The molecule has 0 spiro atoms. The lowest BCUT2D eigenvalue weighted by molar-refractivity contribution is -0.131. The molecule has 0 unspecified atom stereocenters. The van der Waals surface area contributed by atoms with Crippen LogP contribution in [-0.4, -0.2) is 33.6 Å². The molecule has 8 heteroatoms. The van der Waals surface area contributed by atoms with Crippen LogP contribution in [0.25, 0.3) is 22.6 Å². The topological polar surface area (TPSA) is 111 Å². The first kappa shape index (κ1) is 20.1. The number of aromatic nitrogens is 2. The number of hydrogen-bond acceptors (Lipinski definition) is 5. The smallest absolute Gasteiger partial charge is 0.328 e. The molecule has 0 aliphatic carbocycles. The molecular weight excluding hydrogens is 398 g/mol. The van der Waals surface area contributed by atoms with Crippen molar-refractivity contribution in [1.29, 1.82) is 0 Å². The number of nitrogens with zero attached hydrogens (tertiary/aromatic N) is 2. The number of rotatable bonds is 5. The van der Waals surface area contributed by atoms with Gasteiger partial charge in [0.25, 0.3) is 5.56 Å². The summed E-state index contributed by atoms with van der Waals surface area (Å²) in [6.07, 6.45) is 4.34. The molecule has 1 aliphatic heterocycles. The number of hydrogen-bond donors (Lipinski definition) is 2. The summed E-state index contributed by atoms with van der Waals surface area (Å²) in [6.45, 7) is 0.547. The normalized spacial score (nSPS) is 14.2. The number of carboxylic acid groups (broad SMARTS) is 1. The molecule has 2 heterocycles. The summed E-state index contributed by atoms with van der Waals surface area (Å²) in [7, 11) is 1.61. The van der Waals surface area contributed by atoms with Crippen molar-refractivity contribution >= 4 is 40.1 Å². The van der Waals surface area contributed by atoms with E-state index in [1.165, 1.54) is 0 Å². The zero-order valence-electron chi connectivity index (χ0n) is 16.7. The number of carboxylic acids is 1. The average molecular weight is 417 g/mol. The van der Waals surface area contributed by atoms with Crippen LogP contribution >= 0.6 is 0 Å². The number of amides is 1. The van der Waals surface area contributed by atoms with Gasteiger partial charge in [-0.15, -0.1) is 0 Å². The molecule has 0 saturated carbocycles. The summed E-state index contributed by atoms with van der Waals surface area (Å²) < 4.78 is 6.92. The molecule has 0 saturated heterocycles. The quantitative estimate of drug-likeness (QED) is 0.618. The molecule has 2 aromatic carbocycles. The lowest BCUT2D eigenvalue weighted by atomic mass is 10.1. The molecule has 0 fully saturated rings. The van der Waals surface area contributed by atoms with E-state index in [2.05, 4.69) is 10.3 Å². The lowest BCUT2D eigenvalue weighted by Gasteiger charge is -2.08. The predicted octanol–water partition coefficient (Wildman–Crippen LogP) is 2.93. The van der Waals surface area contributed by atoms with Gasteiger partial charge in [-0.05, 0) is 54.0 Å². The third-order valence-corrected chi connectivity index (χ3v) is 4.93. The average Bonchev–Trinajstić information content (AvgIpc) is 3.15. The standard InChI is InChI=1S/C23H19N3O5/c1-31-17-4-2-3-14(12-17)11-15-9-10-26-22(15)25-19-13-16(5-6-18(19)23(26)30)24-20(27)7-8-21(28)29/h2-8,11-13H,9-10H2,1H3,(H,24,27)(H,28,29)/b8-7+,15-11+. The van der Waals surface area contributed by atoms with E-state index in [0.29, 0.717) is 35.4 Å². The van der Waals surface area contributed by atoms with Gasteiger partial charge in [-0.1, -0.05) is 12.1 Å². The summed E-state index contributed by atoms with van der Waals surface area (Å²) in [5.41, 5.74) is 2.61. The number of anilines is 1. The van der Waals surface area contributed by atoms with Gasteiger partial charge in [0.15, 0.2) is 0 Å². The molecular formula is C23H19N3O5. The number of allylic oxidation sites excluding steroid dienone is 1. The Morgan fingerprint density at radius 1 is 1.19 bits per heavy atom. The van der Waals surface area contributed by atoms with Gasteiger partial charge in [-0.3, -0.25) is 14.2 Å². The van der Waals surface area contributed by atoms with Crippen LogP contribution in [0.4, 0.5) is 5.69 Å². The predicted molar refractivity (Wildman–Crippen MR) is 117 cm³/mol. The Kier molecular flexibility index (Phi) is 5.36. The van der Waals surface area contributed by atoms with Crippen LogP contribution in [0.5, 0.6) is 5.75 Å². The highest BCUT2D eigenvalue weighted by molar-refractivity contribution is 6.03. The van der Waals surface area contributed by atoms with Crippen LogP contribution in [0.15, 0.2) is 59.4 Å². The Labute approximate surface area is 177 Å². The minimum atomic E-state index is -1.21. The molecule has 1 aromatic heterocycles. The summed E-state index contributed by atoms with van der Waals surface area (Å²) in [5.74, 6) is -0.462. The molecule has 1 aliphatic rings. The minimum absolute atomic E-state index is 0.141. The van der Waals surface area contributed by atoms with Crippen molar-refractivity contribution in [1.82, 2.24) is 9.55 Å². The second-order valence-corrected chi connectivity index (χ2v) is 6.98. The highest BCUT2D eigenvalue weighted by Crippen LogP contribution is 2.29. The van der Waals surface area contributed by atoms with E-state index in [4.69, 9.17) is 9.84 Å². The van der Waals surface area contributed by atoms with Crippen LogP contribution < -0.4 is 15.6 Å². The van der Waals surface area contributed by atoms with E-state index in [0.717, 1.165) is 29.0 Å². The number of ether oxygens (including phenoxy) is 1. The third kappa shape index (κ3) is 4.23. The summed E-state index contributed by atoms with van der Waals surface area (Å²) >= 11 is 0. The van der Waals surface area contributed by atoms with Gasteiger partial charge >= 0.3 is 5.97 Å². The Hall–Kier alpha value is -4.20. The lowest BCUT2D eigenvalue weighted by Crippen LogP contribution is -2.21. The molecule has 2 N–H and O–H groups in total. The van der Waals surface area contributed by atoms with E-state index in [1.807, 2.05) is 30.3 Å². The molecule has 0 bridgehead atoms. The van der Waals surface area contributed by atoms with Crippen molar-refractivity contribution in [3.05, 3.63) is 76.4 Å². The first-order valence-corrected chi connectivity index (χ1v) is 9.56. The number of carbonyl (C=O) groups is 2. The number of nitrogens with one attached hydrogen (secondary N) is 1. The van der Waals surface area contributed by atoms with E-state index < -0.39 is 11.9 Å². The summed E-state index contributed by atoms with van der Waals surface area (Å²) in [6, 6.07) is 12.4. The molecule has 0 radical (unpaired) electrons. The highest BCUT2D eigenvalue weighted by Gasteiger charge is 2.21. The van der Waals surface area contributed by atoms with Gasteiger partial charge in [-0.2, -0.15) is 0 Å². The van der Waals surface area contributed by atoms with Gasteiger partial charge in [0.1, 0.15) is 11.6 Å². The molecule has 31 heavy (non-hydrogen) atoms. The Bertz CT molecular complexity index is 1320. The van der Waals surface area contributed by atoms with Crippen molar-refractivity contribution < 1.29 is 19.4 Å². The molecule has 1 amide bonds. The first-order chi connectivity index (χ1) is 14.9. The molecule has 0 atom stereocenters. The molecule has 156 valence electrons. The van der Waals surface area contributed by atoms with Gasteiger partial charge in [0.05, 0.1) is 18.0 Å². The molecule has 4 rings (SSSR count). The maximum atomic E-state index is 12.9. The van der Waals surface area contributed by atoms with Crippen LogP contribution in [0.3, 0.4) is 0 Å². The van der Waals surface area contributed by atoms with Crippen LogP contribution in [0.2, 0.25) is 0 Å². The minimum Gasteiger partial charge on any atom is -0.497 e. The van der Waals surface area contributed by atoms with E-state index in [9.17, 15) is 14.4 Å². The van der Waals surface area contributed by atoms with Gasteiger partial charge in [0, 0.05) is 24.4 Å². The molecule has 8 nitrogen and oxygen atoms in total. The SMILES string of the molecule is COc1cccc(/C=C2\CCn3c2nc2cc(NC(=O)/C=C/C(=O)O)ccc2c3=O)c1. The largest absolute Gasteiger partial charge is 0.497 e. The van der Waals surface area contributed by atoms with Crippen molar-refractivity contribution in [3.63, 3.8) is 0 Å². The zero-order valence-corrected chi connectivity index (χ0v) is 16.7. The summed E-state index contributed by atoms with van der Waals surface area (Å²) in [5, 5.41) is 11.6. The van der Waals surface area contributed by atoms with E-state index >= 15 is 0 Å². The van der Waals surface area contributed by atoms with Gasteiger partial charge in [0.2, 0.25) is 5.91 Å². The van der Waals surface area contributed by atoms with Crippen molar-refractivity contribution in [2.45, 2.75) is 13.0 Å². The fourth-order valence-electron chi connectivity index (χ4n) is 3.50.